The van der Waals surface area contributed by atoms with E-state index in [2.05, 4.69) is 50.4 Å². The van der Waals surface area contributed by atoms with Gasteiger partial charge < -0.3 is 20.3 Å². The number of allylic oxidation sites excluding steroid dienone is 4. The number of aliphatic hydroxyl groups excluding tert-OH is 2. The van der Waals surface area contributed by atoms with E-state index >= 15 is 0 Å². The van der Waals surface area contributed by atoms with Crippen LogP contribution in [0, 0.1) is 0 Å². The van der Waals surface area contributed by atoms with Crippen LogP contribution in [-0.2, 0) is 14.3 Å². The first-order valence-corrected chi connectivity index (χ1v) is 27.1. The summed E-state index contributed by atoms with van der Waals surface area (Å²) >= 11 is 0. The normalized spacial score (nSPS) is 13.3. The number of unbranched alkanes of at least 4 members (excludes halogenated alkanes) is 33. The van der Waals surface area contributed by atoms with E-state index < -0.39 is 18.2 Å². The predicted molar refractivity (Wildman–Crippen MR) is 264 cm³/mol. The maximum Gasteiger partial charge on any atom is 0.306 e. The van der Waals surface area contributed by atoms with Crippen LogP contribution in [0.4, 0.5) is 0 Å². The number of hydrogen-bond acceptors (Lipinski definition) is 5. The Morgan fingerprint density at radius 3 is 1.18 bits per heavy atom. The summed E-state index contributed by atoms with van der Waals surface area (Å²) in [6, 6.07) is -0.702. The number of carbonyl (C=O) groups excluding carboxylic acids is 2. The van der Waals surface area contributed by atoms with Crippen molar-refractivity contribution in [3.8, 4) is 0 Å². The summed E-state index contributed by atoms with van der Waals surface area (Å²) < 4.78 is 5.94. The van der Waals surface area contributed by atoms with Gasteiger partial charge in [-0.2, -0.15) is 0 Å². The van der Waals surface area contributed by atoms with Crippen LogP contribution in [0.15, 0.2) is 24.3 Å². The lowest BCUT2D eigenvalue weighted by atomic mass is 10.0. The topological polar surface area (TPSA) is 95.9 Å². The molecule has 3 N–H and O–H groups in total. The van der Waals surface area contributed by atoms with Crippen LogP contribution in [0.25, 0.3) is 0 Å². The second-order valence-electron chi connectivity index (χ2n) is 18.6. The first-order valence-electron chi connectivity index (χ1n) is 27.1. The molecule has 3 unspecified atom stereocenters. The molecule has 6 nitrogen and oxygen atoms in total. The lowest BCUT2D eigenvalue weighted by Crippen LogP contribution is -2.46. The number of aliphatic hydroxyl groups is 2. The molecule has 0 aliphatic heterocycles. The zero-order valence-corrected chi connectivity index (χ0v) is 41.1. The van der Waals surface area contributed by atoms with Crippen LogP contribution in [-0.4, -0.2) is 46.9 Å². The molecule has 0 aliphatic carbocycles. The number of hydrogen-bond donors (Lipinski definition) is 3. The van der Waals surface area contributed by atoms with Gasteiger partial charge in [-0.1, -0.05) is 225 Å². The summed E-state index contributed by atoms with van der Waals surface area (Å²) in [5, 5.41) is 23.7. The summed E-state index contributed by atoms with van der Waals surface area (Å²) in [4.78, 5) is 26.2. The molecule has 360 valence electrons. The number of esters is 1. The smallest absolute Gasteiger partial charge is 0.306 e. The van der Waals surface area contributed by atoms with Crippen molar-refractivity contribution in [2.75, 3.05) is 6.61 Å². The molecule has 0 saturated heterocycles. The Balaban J connectivity index is 4.55. The van der Waals surface area contributed by atoms with Gasteiger partial charge in [0.05, 0.1) is 25.2 Å². The van der Waals surface area contributed by atoms with Gasteiger partial charge >= 0.3 is 5.97 Å². The highest BCUT2D eigenvalue weighted by atomic mass is 16.5. The van der Waals surface area contributed by atoms with Crippen LogP contribution in [0.1, 0.15) is 290 Å². The van der Waals surface area contributed by atoms with Crippen molar-refractivity contribution in [2.45, 2.75) is 309 Å². The summed E-state index contributed by atoms with van der Waals surface area (Å²) in [6.07, 6.45) is 56.7. The second-order valence-corrected chi connectivity index (χ2v) is 18.6. The molecular formula is C55H105NO5. The number of amides is 1. The lowest BCUT2D eigenvalue weighted by Gasteiger charge is -2.24. The third-order valence-electron chi connectivity index (χ3n) is 12.5. The van der Waals surface area contributed by atoms with Crippen LogP contribution in [0.3, 0.4) is 0 Å². The van der Waals surface area contributed by atoms with Gasteiger partial charge in [0.2, 0.25) is 5.91 Å². The Hall–Kier alpha value is -1.66. The standard InChI is InChI=1S/C55H105NO5/c1-4-7-10-13-16-19-21-23-25-27-29-31-33-36-39-42-45-48-55(60)61-51(46-43-40-37-35-32-30-28-26-24-22-20-17-14-11-8-5-2)49-54(59)56-52(50-57)53(58)47-44-41-38-34-18-15-12-9-6-3/h23,25,30,32,51-53,57-58H,4-22,24,26-29,31,33-50H2,1-3H3,(H,56,59)/b25-23+,32-30+. The highest BCUT2D eigenvalue weighted by molar-refractivity contribution is 5.77. The van der Waals surface area contributed by atoms with Gasteiger partial charge in [-0.3, -0.25) is 9.59 Å². The van der Waals surface area contributed by atoms with Gasteiger partial charge in [-0.05, 0) is 77.0 Å². The lowest BCUT2D eigenvalue weighted by molar-refractivity contribution is -0.151. The predicted octanol–water partition coefficient (Wildman–Crippen LogP) is 16.3. The third kappa shape index (κ3) is 44.7. The molecule has 0 aliphatic rings. The van der Waals surface area contributed by atoms with Gasteiger partial charge in [0.1, 0.15) is 6.10 Å². The number of carbonyl (C=O) groups is 2. The Bertz CT molecular complexity index is 966. The van der Waals surface area contributed by atoms with Crippen molar-refractivity contribution < 1.29 is 24.5 Å². The van der Waals surface area contributed by atoms with Gasteiger partial charge in [-0.25, -0.2) is 0 Å². The summed E-state index contributed by atoms with van der Waals surface area (Å²) in [7, 11) is 0. The molecule has 0 aromatic carbocycles. The van der Waals surface area contributed by atoms with Crippen molar-refractivity contribution in [3.63, 3.8) is 0 Å². The Labute approximate surface area is 380 Å². The monoisotopic (exact) mass is 860 g/mol. The van der Waals surface area contributed by atoms with E-state index in [1.807, 2.05) is 0 Å². The molecule has 0 spiro atoms. The Morgan fingerprint density at radius 2 is 0.787 bits per heavy atom. The molecule has 0 fully saturated rings. The van der Waals surface area contributed by atoms with E-state index in [-0.39, 0.29) is 24.9 Å². The first kappa shape index (κ1) is 59.3. The van der Waals surface area contributed by atoms with E-state index in [1.54, 1.807) is 0 Å². The van der Waals surface area contributed by atoms with E-state index in [1.165, 1.54) is 180 Å². The van der Waals surface area contributed by atoms with Crippen LogP contribution >= 0.6 is 0 Å². The fraction of sp³-hybridized carbons (Fsp3) is 0.891. The zero-order valence-electron chi connectivity index (χ0n) is 41.1. The summed E-state index contributed by atoms with van der Waals surface area (Å²) in [5.74, 6) is -0.482. The number of ether oxygens (including phenoxy) is 1. The van der Waals surface area contributed by atoms with E-state index in [0.717, 1.165) is 64.2 Å². The summed E-state index contributed by atoms with van der Waals surface area (Å²) in [5.41, 5.74) is 0. The number of nitrogens with one attached hydrogen (secondary N) is 1. The molecule has 1 amide bonds. The molecule has 0 radical (unpaired) electrons. The van der Waals surface area contributed by atoms with Crippen molar-refractivity contribution in [2.24, 2.45) is 0 Å². The molecule has 3 atom stereocenters. The van der Waals surface area contributed by atoms with Gasteiger partial charge in [0.25, 0.3) is 0 Å². The molecule has 6 heteroatoms. The molecule has 0 heterocycles. The van der Waals surface area contributed by atoms with E-state index in [4.69, 9.17) is 4.74 Å². The van der Waals surface area contributed by atoms with Crippen molar-refractivity contribution >= 4 is 11.9 Å². The first-order chi connectivity index (χ1) is 30.0. The fourth-order valence-electron chi connectivity index (χ4n) is 8.36. The minimum atomic E-state index is -0.788. The maximum atomic E-state index is 13.2. The molecular weight excluding hydrogens is 755 g/mol. The highest BCUT2D eigenvalue weighted by Crippen LogP contribution is 2.18. The molecule has 0 bridgehead atoms. The average molecular weight is 860 g/mol. The van der Waals surface area contributed by atoms with E-state index in [9.17, 15) is 19.8 Å². The SMILES string of the molecule is CCCCCCCC/C=C/CCCCCCCCCC(=O)OC(CCCCC/C=C/CCCCCCCCCCC)CC(=O)NC(CO)C(O)CCCCCCCCCCC. The van der Waals surface area contributed by atoms with Crippen molar-refractivity contribution in [1.29, 1.82) is 0 Å². The van der Waals surface area contributed by atoms with Crippen molar-refractivity contribution in [3.05, 3.63) is 24.3 Å². The van der Waals surface area contributed by atoms with Crippen LogP contribution in [0.5, 0.6) is 0 Å². The summed E-state index contributed by atoms with van der Waals surface area (Å²) in [6.45, 7) is 6.48. The zero-order chi connectivity index (χ0) is 44.5. The Kier molecular flexibility index (Phi) is 48.0. The molecule has 0 saturated carbocycles. The van der Waals surface area contributed by atoms with Gasteiger partial charge in [0.15, 0.2) is 0 Å². The minimum Gasteiger partial charge on any atom is -0.462 e. The molecule has 0 aromatic rings. The fourth-order valence-corrected chi connectivity index (χ4v) is 8.36. The van der Waals surface area contributed by atoms with Crippen LogP contribution < -0.4 is 5.32 Å². The average Bonchev–Trinajstić information content (AvgIpc) is 3.25. The highest BCUT2D eigenvalue weighted by Gasteiger charge is 2.24. The van der Waals surface area contributed by atoms with Crippen LogP contribution in [0.2, 0.25) is 0 Å². The van der Waals surface area contributed by atoms with Crippen molar-refractivity contribution in [1.82, 2.24) is 5.32 Å². The molecule has 0 aromatic heterocycles. The molecule has 0 rings (SSSR count). The third-order valence-corrected chi connectivity index (χ3v) is 12.5. The Morgan fingerprint density at radius 1 is 0.459 bits per heavy atom. The molecule has 61 heavy (non-hydrogen) atoms. The minimum absolute atomic E-state index is 0.0693. The quantitative estimate of drug-likeness (QED) is 0.0322. The number of rotatable bonds is 49. The van der Waals surface area contributed by atoms with E-state index in [0.29, 0.717) is 19.3 Å². The van der Waals surface area contributed by atoms with Gasteiger partial charge in [-0.15, -0.1) is 0 Å². The maximum absolute atomic E-state index is 13.2. The van der Waals surface area contributed by atoms with Gasteiger partial charge in [0, 0.05) is 6.42 Å². The second kappa shape index (κ2) is 49.4. The largest absolute Gasteiger partial charge is 0.462 e.